The minimum Gasteiger partial charge on any atom is -0.404 e. The standard InChI is InChI=1S/C26H38BN3O5/c1-25(2)18-14-20(25)26(3)21(15-18)34-27(35-26)22(13-17-7-5-4-6-8-17)29-24(32)19(28)16-23(31)30-9-11-33-12-10-30/h4-8,18-22H,9-16,28H2,1-3H3,(H,29,32)/t18-,19?,20-,21+,22-,26-/m0/s1. The van der Waals surface area contributed by atoms with Crippen molar-refractivity contribution in [2.75, 3.05) is 26.3 Å². The zero-order valence-electron chi connectivity index (χ0n) is 21.1. The number of hydrogen-bond donors (Lipinski definition) is 2. The van der Waals surface area contributed by atoms with E-state index in [1.54, 1.807) is 4.90 Å². The Kier molecular flexibility index (Phi) is 6.72. The quantitative estimate of drug-likeness (QED) is 0.571. The van der Waals surface area contributed by atoms with Gasteiger partial charge < -0.3 is 30.0 Å². The molecule has 2 aliphatic heterocycles. The van der Waals surface area contributed by atoms with E-state index in [0.29, 0.717) is 44.6 Å². The van der Waals surface area contributed by atoms with Gasteiger partial charge >= 0.3 is 7.12 Å². The molecule has 190 valence electrons. The molecule has 8 nitrogen and oxygen atoms in total. The maximum atomic E-state index is 13.1. The van der Waals surface area contributed by atoms with Crippen molar-refractivity contribution in [2.24, 2.45) is 23.0 Å². The van der Waals surface area contributed by atoms with Gasteiger partial charge in [-0.25, -0.2) is 0 Å². The highest BCUT2D eigenvalue weighted by Crippen LogP contribution is 2.65. The molecule has 9 heteroatoms. The van der Waals surface area contributed by atoms with Crippen molar-refractivity contribution in [2.45, 2.75) is 70.1 Å². The SMILES string of the molecule is CC1(C)[C@@H]2C[C@H]3OB([C@H](Cc4ccccc4)NC(=O)C(N)CC(=O)N4CCOCC4)O[C@@]3(C)[C@H]1C2. The molecule has 6 rings (SSSR count). The van der Waals surface area contributed by atoms with Crippen molar-refractivity contribution in [1.29, 1.82) is 0 Å². The molecule has 5 aliphatic rings. The highest BCUT2D eigenvalue weighted by Gasteiger charge is 2.68. The van der Waals surface area contributed by atoms with E-state index in [1.165, 1.54) is 6.42 Å². The lowest BCUT2D eigenvalue weighted by Crippen LogP contribution is -2.65. The van der Waals surface area contributed by atoms with Crippen LogP contribution in [0.5, 0.6) is 0 Å². The van der Waals surface area contributed by atoms with Gasteiger partial charge in [0.05, 0.1) is 43.3 Å². The Morgan fingerprint density at radius 2 is 1.89 bits per heavy atom. The average molecular weight is 483 g/mol. The molecule has 5 fully saturated rings. The second kappa shape index (κ2) is 9.50. The van der Waals surface area contributed by atoms with Gasteiger partial charge in [-0.05, 0) is 49.0 Å². The summed E-state index contributed by atoms with van der Waals surface area (Å²) in [5.41, 5.74) is 7.15. The number of hydrogen-bond acceptors (Lipinski definition) is 6. The number of benzene rings is 1. The molecule has 0 radical (unpaired) electrons. The van der Waals surface area contributed by atoms with Crippen LogP contribution in [0.3, 0.4) is 0 Å². The lowest BCUT2D eigenvalue weighted by atomic mass is 9.43. The topological polar surface area (TPSA) is 103 Å². The lowest BCUT2D eigenvalue weighted by Gasteiger charge is -2.64. The number of ether oxygens (including phenoxy) is 1. The van der Waals surface area contributed by atoms with Crippen LogP contribution in [-0.4, -0.2) is 73.8 Å². The third-order valence-electron chi connectivity index (χ3n) is 9.02. The van der Waals surface area contributed by atoms with Crippen molar-refractivity contribution >= 4 is 18.9 Å². The summed E-state index contributed by atoms with van der Waals surface area (Å²) < 4.78 is 18.5. The molecule has 2 amide bonds. The highest BCUT2D eigenvalue weighted by molar-refractivity contribution is 6.48. The number of morpholine rings is 1. The summed E-state index contributed by atoms with van der Waals surface area (Å²) in [4.78, 5) is 27.5. The minimum atomic E-state index is -0.936. The second-order valence-corrected chi connectivity index (χ2v) is 11.4. The van der Waals surface area contributed by atoms with Crippen LogP contribution in [0.4, 0.5) is 0 Å². The number of carbonyl (C=O) groups is 2. The Morgan fingerprint density at radius 3 is 2.57 bits per heavy atom. The predicted octanol–water partition coefficient (Wildman–Crippen LogP) is 1.56. The van der Waals surface area contributed by atoms with Gasteiger partial charge in [-0.2, -0.15) is 0 Å². The normalized spacial score (nSPS) is 32.9. The molecule has 6 atom stereocenters. The minimum absolute atomic E-state index is 0.0241. The van der Waals surface area contributed by atoms with Gasteiger partial charge in [0.25, 0.3) is 0 Å². The fourth-order valence-corrected chi connectivity index (χ4v) is 6.67. The van der Waals surface area contributed by atoms with Crippen molar-refractivity contribution in [3.05, 3.63) is 35.9 Å². The van der Waals surface area contributed by atoms with Crippen LogP contribution in [0.1, 0.15) is 45.6 Å². The van der Waals surface area contributed by atoms with Gasteiger partial charge in [-0.15, -0.1) is 0 Å². The van der Waals surface area contributed by atoms with Crippen molar-refractivity contribution < 1.29 is 23.6 Å². The summed E-state index contributed by atoms with van der Waals surface area (Å²) in [6.07, 6.45) is 2.70. The van der Waals surface area contributed by atoms with Gasteiger partial charge in [0.1, 0.15) is 0 Å². The van der Waals surface area contributed by atoms with Gasteiger partial charge in [-0.3, -0.25) is 9.59 Å². The highest BCUT2D eigenvalue weighted by atomic mass is 16.7. The van der Waals surface area contributed by atoms with Gasteiger partial charge in [0.2, 0.25) is 11.8 Å². The molecule has 3 N–H and O–H groups in total. The molecular weight excluding hydrogens is 445 g/mol. The van der Waals surface area contributed by atoms with E-state index >= 15 is 0 Å². The van der Waals surface area contributed by atoms with Crippen LogP contribution in [0.25, 0.3) is 0 Å². The summed E-state index contributed by atoms with van der Waals surface area (Å²) in [5.74, 6) is 0.200. The Morgan fingerprint density at radius 1 is 1.17 bits per heavy atom. The Balaban J connectivity index is 1.28. The van der Waals surface area contributed by atoms with Crippen LogP contribution in [0, 0.1) is 17.3 Å². The van der Waals surface area contributed by atoms with E-state index in [1.807, 2.05) is 30.3 Å². The maximum absolute atomic E-state index is 13.1. The van der Waals surface area contributed by atoms with Crippen LogP contribution >= 0.6 is 0 Å². The largest absolute Gasteiger partial charge is 0.482 e. The first-order valence-corrected chi connectivity index (χ1v) is 13.0. The maximum Gasteiger partial charge on any atom is 0.482 e. The summed E-state index contributed by atoms with van der Waals surface area (Å²) in [7, 11) is -0.563. The monoisotopic (exact) mass is 483 g/mol. The van der Waals surface area contributed by atoms with Crippen molar-refractivity contribution in [3.8, 4) is 0 Å². The summed E-state index contributed by atoms with van der Waals surface area (Å²) >= 11 is 0. The Hall–Kier alpha value is -1.94. The van der Waals surface area contributed by atoms with Crippen LogP contribution in [0.15, 0.2) is 30.3 Å². The first kappa shape index (κ1) is 24.7. The fourth-order valence-electron chi connectivity index (χ4n) is 6.67. The van der Waals surface area contributed by atoms with E-state index in [4.69, 9.17) is 19.8 Å². The van der Waals surface area contributed by atoms with E-state index in [-0.39, 0.29) is 35.4 Å². The molecule has 2 heterocycles. The van der Waals surface area contributed by atoms with Crippen molar-refractivity contribution in [3.63, 3.8) is 0 Å². The zero-order chi connectivity index (χ0) is 24.8. The van der Waals surface area contributed by atoms with E-state index in [2.05, 4.69) is 26.1 Å². The van der Waals surface area contributed by atoms with Crippen LogP contribution in [-0.2, 0) is 30.1 Å². The van der Waals surface area contributed by atoms with Gasteiger partial charge in [0.15, 0.2) is 0 Å². The number of carbonyl (C=O) groups excluding carboxylic acids is 2. The molecule has 1 unspecified atom stereocenters. The summed E-state index contributed by atoms with van der Waals surface area (Å²) in [6.45, 7) is 8.93. The van der Waals surface area contributed by atoms with Gasteiger partial charge in [-0.1, -0.05) is 44.2 Å². The molecule has 2 saturated heterocycles. The second-order valence-electron chi connectivity index (χ2n) is 11.4. The first-order chi connectivity index (χ1) is 16.7. The Bertz CT molecular complexity index is 940. The fraction of sp³-hybridized carbons (Fsp3) is 0.692. The third kappa shape index (κ3) is 4.64. The van der Waals surface area contributed by atoms with E-state index < -0.39 is 19.1 Å². The van der Waals surface area contributed by atoms with Gasteiger partial charge in [0, 0.05) is 13.1 Å². The number of nitrogens with one attached hydrogen (secondary N) is 1. The molecule has 35 heavy (non-hydrogen) atoms. The molecule has 3 saturated carbocycles. The molecule has 1 aromatic rings. The number of nitrogens with zero attached hydrogens (tertiary/aromatic N) is 1. The first-order valence-electron chi connectivity index (χ1n) is 13.0. The van der Waals surface area contributed by atoms with Crippen molar-refractivity contribution in [1.82, 2.24) is 10.2 Å². The number of nitrogens with two attached hydrogens (primary N) is 1. The molecule has 2 bridgehead atoms. The average Bonchev–Trinajstić information content (AvgIpc) is 3.21. The Labute approximate surface area is 208 Å². The summed E-state index contributed by atoms with van der Waals surface area (Å²) in [5, 5.41) is 3.08. The van der Waals surface area contributed by atoms with E-state index in [9.17, 15) is 9.59 Å². The molecule has 0 spiro atoms. The van der Waals surface area contributed by atoms with Crippen LogP contribution in [0.2, 0.25) is 0 Å². The lowest BCUT2D eigenvalue weighted by molar-refractivity contribution is -0.199. The molecule has 3 aliphatic carbocycles. The molecular formula is C26H38BN3O5. The zero-order valence-corrected chi connectivity index (χ0v) is 21.1. The number of rotatable bonds is 7. The third-order valence-corrected chi connectivity index (χ3v) is 9.02. The van der Waals surface area contributed by atoms with E-state index in [0.717, 1.165) is 12.0 Å². The predicted molar refractivity (Wildman–Crippen MR) is 132 cm³/mol. The summed E-state index contributed by atoms with van der Waals surface area (Å²) in [6, 6.07) is 9.06. The molecule has 0 aromatic heterocycles. The number of amides is 2. The molecule has 1 aromatic carbocycles. The smallest absolute Gasteiger partial charge is 0.404 e. The van der Waals surface area contributed by atoms with Crippen LogP contribution < -0.4 is 11.1 Å².